The molecule has 2 aromatic rings. The number of aromatic nitrogens is 1. The first-order valence-corrected chi connectivity index (χ1v) is 9.86. The number of hydrogen-bond donors (Lipinski definition) is 2. The van der Waals surface area contributed by atoms with Crippen LogP contribution in [0.25, 0.3) is 0 Å². The van der Waals surface area contributed by atoms with E-state index in [0.717, 1.165) is 5.69 Å². The first-order valence-electron chi connectivity index (χ1n) is 8.88. The summed E-state index contributed by atoms with van der Waals surface area (Å²) in [7, 11) is 0. The zero-order chi connectivity index (χ0) is 19.1. The maximum atomic E-state index is 12.4. The van der Waals surface area contributed by atoms with E-state index in [2.05, 4.69) is 20.2 Å². The Morgan fingerprint density at radius 3 is 2.78 bits per heavy atom. The number of nitroso groups, excluding NO2 is 1. The largest absolute Gasteiger partial charge is 0.474 e. The van der Waals surface area contributed by atoms with Gasteiger partial charge in [0.05, 0.1) is 6.54 Å². The Morgan fingerprint density at radius 1 is 1.30 bits per heavy atom. The fourth-order valence-corrected chi connectivity index (χ4v) is 3.07. The molecule has 1 heterocycles. The molecule has 1 amide bonds. The molecule has 0 spiro atoms. The van der Waals surface area contributed by atoms with Gasteiger partial charge in [-0.25, -0.2) is 0 Å². The molecule has 2 N–H and O–H groups in total. The summed E-state index contributed by atoms with van der Waals surface area (Å²) in [5, 5.41) is 5.59. The number of nitrogens with zero attached hydrogens (tertiary/aromatic N) is 2. The van der Waals surface area contributed by atoms with Crippen molar-refractivity contribution >= 4 is 29.4 Å². The summed E-state index contributed by atoms with van der Waals surface area (Å²) in [4.78, 5) is 26.8. The van der Waals surface area contributed by atoms with Gasteiger partial charge in [0, 0.05) is 23.1 Å². The Labute approximate surface area is 162 Å². The Morgan fingerprint density at radius 2 is 2.07 bits per heavy atom. The van der Waals surface area contributed by atoms with Crippen molar-refractivity contribution < 1.29 is 9.53 Å². The molecule has 7 nitrogen and oxygen atoms in total. The normalized spacial score (nSPS) is 14.3. The van der Waals surface area contributed by atoms with Gasteiger partial charge >= 0.3 is 0 Å². The number of benzene rings is 1. The number of pyridine rings is 1. The van der Waals surface area contributed by atoms with Gasteiger partial charge in [-0.2, -0.15) is 9.89 Å². The minimum atomic E-state index is -0.237. The fourth-order valence-electron chi connectivity index (χ4n) is 2.50. The summed E-state index contributed by atoms with van der Waals surface area (Å²) in [6.45, 7) is 2.31. The summed E-state index contributed by atoms with van der Waals surface area (Å²) in [5.41, 5.74) is 1.38. The molecule has 1 fully saturated rings. The number of anilines is 2. The van der Waals surface area contributed by atoms with Gasteiger partial charge in [-0.3, -0.25) is 4.79 Å². The third-order valence-electron chi connectivity index (χ3n) is 4.18. The van der Waals surface area contributed by atoms with Crippen LogP contribution in [0, 0.1) is 10.8 Å². The van der Waals surface area contributed by atoms with Crippen molar-refractivity contribution in [1.82, 2.24) is 4.98 Å². The summed E-state index contributed by atoms with van der Waals surface area (Å²) >= 11 is 1.39. The molecule has 1 aromatic carbocycles. The van der Waals surface area contributed by atoms with E-state index in [-0.39, 0.29) is 18.6 Å². The summed E-state index contributed by atoms with van der Waals surface area (Å²) < 4.78 is 8.93. The second-order valence-corrected chi connectivity index (χ2v) is 7.26. The highest BCUT2D eigenvalue weighted by molar-refractivity contribution is 8.00. The molecule has 0 radical (unpaired) electrons. The SMILES string of the molecule is CC(Oc1cccc(NC(=O)c2ccc(NSCCN=O)cc2)n1)C1CC1. The molecule has 1 atom stereocenters. The maximum absolute atomic E-state index is 12.4. The van der Waals surface area contributed by atoms with Crippen LogP contribution in [0.2, 0.25) is 0 Å². The lowest BCUT2D eigenvalue weighted by atomic mass is 10.2. The number of rotatable bonds is 10. The second-order valence-electron chi connectivity index (χ2n) is 6.36. The number of carbonyl (C=O) groups excluding carboxylic acids is 1. The van der Waals surface area contributed by atoms with Gasteiger partial charge in [0.2, 0.25) is 5.88 Å². The standard InChI is InChI=1S/C19H22N4O3S/c1-13(14-5-6-14)26-18-4-2-3-17(21-18)22-19(24)15-7-9-16(10-8-15)23-27-12-11-20-25/h2-4,7-10,13-14,23H,5-6,11-12H2,1H3,(H,21,22,24). The van der Waals surface area contributed by atoms with Gasteiger partial charge in [-0.15, -0.1) is 0 Å². The highest BCUT2D eigenvalue weighted by atomic mass is 32.2. The van der Waals surface area contributed by atoms with Gasteiger partial charge < -0.3 is 14.8 Å². The molecule has 27 heavy (non-hydrogen) atoms. The number of amides is 1. The van der Waals surface area contributed by atoms with Crippen molar-refractivity contribution in [3.63, 3.8) is 0 Å². The Kier molecular flexibility index (Phi) is 6.64. The molecule has 8 heteroatoms. The van der Waals surface area contributed by atoms with E-state index in [0.29, 0.717) is 28.9 Å². The van der Waals surface area contributed by atoms with E-state index >= 15 is 0 Å². The third kappa shape index (κ3) is 5.96. The minimum absolute atomic E-state index is 0.142. The van der Waals surface area contributed by atoms with Gasteiger partial charge in [0.25, 0.3) is 5.91 Å². The molecule has 1 aliphatic rings. The second kappa shape index (κ2) is 9.36. The smallest absolute Gasteiger partial charge is 0.256 e. The number of hydrogen-bond acceptors (Lipinski definition) is 7. The predicted molar refractivity (Wildman–Crippen MR) is 108 cm³/mol. The van der Waals surface area contributed by atoms with Crippen LogP contribution in [0.3, 0.4) is 0 Å². The maximum Gasteiger partial charge on any atom is 0.256 e. The van der Waals surface area contributed by atoms with Crippen molar-refractivity contribution in [3.8, 4) is 5.88 Å². The van der Waals surface area contributed by atoms with Gasteiger partial charge in [0.1, 0.15) is 11.9 Å². The van der Waals surface area contributed by atoms with Crippen LogP contribution in [0.4, 0.5) is 11.5 Å². The van der Waals surface area contributed by atoms with Crippen LogP contribution in [-0.4, -0.2) is 29.3 Å². The van der Waals surface area contributed by atoms with Crippen molar-refractivity contribution in [2.24, 2.45) is 11.1 Å². The molecule has 0 aliphatic heterocycles. The van der Waals surface area contributed by atoms with Crippen LogP contribution in [0.5, 0.6) is 5.88 Å². The average Bonchev–Trinajstić information content (AvgIpc) is 3.51. The summed E-state index contributed by atoms with van der Waals surface area (Å²) in [6.07, 6.45) is 2.55. The Balaban J connectivity index is 1.54. The summed E-state index contributed by atoms with van der Waals surface area (Å²) in [5.74, 6) is 1.95. The first-order chi connectivity index (χ1) is 13.2. The zero-order valence-corrected chi connectivity index (χ0v) is 15.9. The Hall–Kier alpha value is -2.61. The highest BCUT2D eigenvalue weighted by Gasteiger charge is 2.29. The molecule has 1 aromatic heterocycles. The molecule has 3 rings (SSSR count). The van der Waals surface area contributed by atoms with E-state index in [4.69, 9.17) is 4.74 Å². The number of nitrogens with one attached hydrogen (secondary N) is 2. The predicted octanol–water partition coefficient (Wildman–Crippen LogP) is 4.34. The fraction of sp³-hybridized carbons (Fsp3) is 0.368. The van der Waals surface area contributed by atoms with Gasteiger partial charge in [0.15, 0.2) is 0 Å². The average molecular weight is 386 g/mol. The van der Waals surface area contributed by atoms with Crippen molar-refractivity contribution in [1.29, 1.82) is 0 Å². The lowest BCUT2D eigenvalue weighted by molar-refractivity contribution is 0.102. The molecular formula is C19H22N4O3S. The van der Waals surface area contributed by atoms with E-state index in [1.165, 1.54) is 24.8 Å². The first kappa shape index (κ1) is 19.2. The topological polar surface area (TPSA) is 92.7 Å². The Bertz CT molecular complexity index is 781. The van der Waals surface area contributed by atoms with E-state index in [1.54, 1.807) is 36.4 Å². The molecular weight excluding hydrogens is 364 g/mol. The lowest BCUT2D eigenvalue weighted by Crippen LogP contribution is -2.16. The third-order valence-corrected chi connectivity index (χ3v) is 4.95. The molecule has 1 aliphatic carbocycles. The molecule has 1 saturated carbocycles. The monoisotopic (exact) mass is 386 g/mol. The number of ether oxygens (including phenoxy) is 1. The quantitative estimate of drug-likeness (QED) is 0.358. The van der Waals surface area contributed by atoms with Crippen molar-refractivity contribution in [2.45, 2.75) is 25.9 Å². The van der Waals surface area contributed by atoms with Crippen molar-refractivity contribution in [3.05, 3.63) is 52.9 Å². The van der Waals surface area contributed by atoms with Crippen LogP contribution in [0.1, 0.15) is 30.1 Å². The van der Waals surface area contributed by atoms with Crippen LogP contribution >= 0.6 is 11.9 Å². The van der Waals surface area contributed by atoms with Crippen LogP contribution in [-0.2, 0) is 0 Å². The zero-order valence-electron chi connectivity index (χ0n) is 15.1. The van der Waals surface area contributed by atoms with Crippen molar-refractivity contribution in [2.75, 3.05) is 22.3 Å². The van der Waals surface area contributed by atoms with E-state index in [1.807, 2.05) is 13.0 Å². The van der Waals surface area contributed by atoms with Crippen LogP contribution in [0.15, 0.2) is 47.6 Å². The van der Waals surface area contributed by atoms with E-state index < -0.39 is 0 Å². The highest BCUT2D eigenvalue weighted by Crippen LogP contribution is 2.34. The summed E-state index contributed by atoms with van der Waals surface area (Å²) in [6, 6.07) is 12.4. The molecule has 142 valence electrons. The van der Waals surface area contributed by atoms with Crippen LogP contribution < -0.4 is 14.8 Å². The van der Waals surface area contributed by atoms with E-state index in [9.17, 15) is 9.70 Å². The molecule has 0 bridgehead atoms. The molecule has 0 saturated heterocycles. The lowest BCUT2D eigenvalue weighted by Gasteiger charge is -2.13. The number of carbonyl (C=O) groups is 1. The van der Waals surface area contributed by atoms with Gasteiger partial charge in [-0.05, 0) is 56.0 Å². The van der Waals surface area contributed by atoms with Gasteiger partial charge in [-0.1, -0.05) is 23.2 Å². The molecule has 1 unspecified atom stereocenters. The minimum Gasteiger partial charge on any atom is -0.474 e.